The minimum atomic E-state index is 0.274. The van der Waals surface area contributed by atoms with Gasteiger partial charge >= 0.3 is 0 Å². The molecule has 168 valence electrons. The number of hydrogen-bond acceptors (Lipinski definition) is 5. The van der Waals surface area contributed by atoms with Gasteiger partial charge in [-0.05, 0) is 50.1 Å². The highest BCUT2D eigenvalue weighted by atomic mass is 16.2. The maximum atomic E-state index is 12.7. The summed E-state index contributed by atoms with van der Waals surface area (Å²) in [5.74, 6) is 0.274. The molecule has 2 aliphatic heterocycles. The molecule has 0 unspecified atom stereocenters. The Morgan fingerprint density at radius 3 is 2.44 bits per heavy atom. The molecule has 1 N–H and O–H groups in total. The van der Waals surface area contributed by atoms with E-state index in [0.29, 0.717) is 18.0 Å². The van der Waals surface area contributed by atoms with Crippen LogP contribution in [0.2, 0.25) is 0 Å². The molecule has 4 rings (SSSR count). The van der Waals surface area contributed by atoms with Crippen molar-refractivity contribution in [3.8, 4) is 6.07 Å². The van der Waals surface area contributed by atoms with Crippen molar-refractivity contribution in [2.75, 3.05) is 56.0 Å². The third-order valence-electron chi connectivity index (χ3n) is 6.62. The smallest absolute Gasteiger partial charge is 0.223 e. The van der Waals surface area contributed by atoms with E-state index in [1.807, 2.05) is 29.2 Å². The predicted molar refractivity (Wildman–Crippen MR) is 129 cm³/mol. The monoisotopic (exact) mass is 431 g/mol. The van der Waals surface area contributed by atoms with Crippen molar-refractivity contribution >= 4 is 17.3 Å². The number of aryl methyl sites for hydroxylation is 1. The number of anilines is 2. The van der Waals surface area contributed by atoms with Crippen LogP contribution in [0, 0.1) is 18.3 Å². The van der Waals surface area contributed by atoms with Crippen molar-refractivity contribution in [1.82, 2.24) is 9.80 Å². The van der Waals surface area contributed by atoms with E-state index in [2.05, 4.69) is 52.4 Å². The summed E-state index contributed by atoms with van der Waals surface area (Å²) in [6, 6.07) is 18.9. The number of carbonyl (C=O) groups is 1. The molecule has 0 aliphatic carbocycles. The number of piperazine rings is 1. The summed E-state index contributed by atoms with van der Waals surface area (Å²) in [7, 11) is 0. The largest absolute Gasteiger partial charge is 0.382 e. The number of rotatable bonds is 6. The van der Waals surface area contributed by atoms with Crippen molar-refractivity contribution in [2.45, 2.75) is 32.2 Å². The molecule has 1 amide bonds. The van der Waals surface area contributed by atoms with Gasteiger partial charge in [0.2, 0.25) is 5.91 Å². The molecule has 0 bridgehead atoms. The Labute approximate surface area is 191 Å². The molecule has 0 atom stereocenters. The Bertz CT molecular complexity index is 935. The first-order chi connectivity index (χ1) is 15.6. The molecule has 2 fully saturated rings. The number of carbonyl (C=O) groups excluding carboxylic acids is 1. The van der Waals surface area contributed by atoms with Crippen LogP contribution >= 0.6 is 0 Å². The van der Waals surface area contributed by atoms with Gasteiger partial charge in [0, 0.05) is 69.7 Å². The van der Waals surface area contributed by atoms with E-state index in [4.69, 9.17) is 5.26 Å². The van der Waals surface area contributed by atoms with Crippen LogP contribution in [-0.2, 0) is 4.79 Å². The number of likely N-dealkylation sites (tertiary alicyclic amines) is 1. The van der Waals surface area contributed by atoms with Gasteiger partial charge in [-0.1, -0.05) is 23.8 Å². The predicted octanol–water partition coefficient (Wildman–Crippen LogP) is 3.48. The number of piperidine rings is 1. The topological polar surface area (TPSA) is 62.6 Å². The highest BCUT2D eigenvalue weighted by molar-refractivity contribution is 5.76. The third-order valence-corrected chi connectivity index (χ3v) is 6.62. The maximum absolute atomic E-state index is 12.7. The first-order valence-electron chi connectivity index (χ1n) is 11.7. The van der Waals surface area contributed by atoms with Gasteiger partial charge in [0.25, 0.3) is 0 Å². The Balaban J connectivity index is 1.16. The van der Waals surface area contributed by atoms with E-state index in [1.165, 1.54) is 11.3 Å². The van der Waals surface area contributed by atoms with E-state index in [0.717, 1.165) is 64.3 Å². The van der Waals surface area contributed by atoms with E-state index in [1.54, 1.807) is 0 Å². The van der Waals surface area contributed by atoms with Crippen LogP contribution in [0.25, 0.3) is 0 Å². The lowest BCUT2D eigenvalue weighted by molar-refractivity contribution is -0.132. The lowest BCUT2D eigenvalue weighted by Crippen LogP contribution is -2.48. The molecule has 2 saturated heterocycles. The van der Waals surface area contributed by atoms with Crippen LogP contribution in [0.15, 0.2) is 48.5 Å². The van der Waals surface area contributed by atoms with Gasteiger partial charge in [-0.2, -0.15) is 5.26 Å². The van der Waals surface area contributed by atoms with E-state index < -0.39 is 0 Å². The molecule has 2 heterocycles. The fourth-order valence-corrected chi connectivity index (χ4v) is 4.58. The molecule has 0 spiro atoms. The average Bonchev–Trinajstić information content (AvgIpc) is 2.84. The van der Waals surface area contributed by atoms with Crippen LogP contribution in [0.1, 0.15) is 30.4 Å². The summed E-state index contributed by atoms with van der Waals surface area (Å²) in [5, 5.41) is 12.6. The Hall–Kier alpha value is -3.04. The molecule has 0 saturated carbocycles. The van der Waals surface area contributed by atoms with Crippen molar-refractivity contribution in [3.63, 3.8) is 0 Å². The third kappa shape index (κ3) is 5.80. The van der Waals surface area contributed by atoms with Gasteiger partial charge in [-0.15, -0.1) is 0 Å². The van der Waals surface area contributed by atoms with Gasteiger partial charge in [-0.3, -0.25) is 9.69 Å². The molecule has 2 aromatic carbocycles. The second kappa shape index (κ2) is 10.5. The van der Waals surface area contributed by atoms with Crippen molar-refractivity contribution in [1.29, 1.82) is 5.26 Å². The fraction of sp³-hybridized carbons (Fsp3) is 0.462. The number of benzene rings is 2. The fourth-order valence-electron chi connectivity index (χ4n) is 4.58. The summed E-state index contributed by atoms with van der Waals surface area (Å²) >= 11 is 0. The summed E-state index contributed by atoms with van der Waals surface area (Å²) in [5.41, 5.74) is 4.24. The summed E-state index contributed by atoms with van der Waals surface area (Å²) in [4.78, 5) is 19.6. The maximum Gasteiger partial charge on any atom is 0.223 e. The first-order valence-corrected chi connectivity index (χ1v) is 11.7. The standard InChI is InChI=1S/C26H33N5O/c1-21-5-7-25(8-6-21)30-17-15-29(16-18-30)12-11-26(32)31-13-9-23(10-14-31)28-24-4-2-3-22(19-24)20-27/h2-8,19,23,28H,9-18H2,1H3. The Morgan fingerprint density at radius 1 is 1.03 bits per heavy atom. The zero-order valence-corrected chi connectivity index (χ0v) is 19.0. The number of nitrogens with one attached hydrogen (secondary N) is 1. The van der Waals surface area contributed by atoms with E-state index in [9.17, 15) is 4.79 Å². The van der Waals surface area contributed by atoms with Gasteiger partial charge < -0.3 is 15.1 Å². The molecule has 0 radical (unpaired) electrons. The summed E-state index contributed by atoms with van der Waals surface area (Å²) in [6.45, 7) is 8.61. The lowest BCUT2D eigenvalue weighted by Gasteiger charge is -2.37. The number of amides is 1. The van der Waals surface area contributed by atoms with Crippen LogP contribution in [0.4, 0.5) is 11.4 Å². The molecule has 2 aliphatic rings. The van der Waals surface area contributed by atoms with Crippen molar-refractivity contribution < 1.29 is 4.79 Å². The average molecular weight is 432 g/mol. The second-order valence-electron chi connectivity index (χ2n) is 8.91. The molecular weight excluding hydrogens is 398 g/mol. The summed E-state index contributed by atoms with van der Waals surface area (Å²) < 4.78 is 0. The van der Waals surface area contributed by atoms with E-state index >= 15 is 0 Å². The number of nitriles is 1. The Kier molecular flexibility index (Phi) is 7.28. The summed E-state index contributed by atoms with van der Waals surface area (Å²) in [6.07, 6.45) is 2.49. The van der Waals surface area contributed by atoms with Crippen LogP contribution in [0.5, 0.6) is 0 Å². The molecule has 0 aromatic heterocycles. The first kappa shape index (κ1) is 22.2. The van der Waals surface area contributed by atoms with Gasteiger partial charge in [0.05, 0.1) is 11.6 Å². The van der Waals surface area contributed by atoms with E-state index in [-0.39, 0.29) is 5.91 Å². The van der Waals surface area contributed by atoms with Crippen molar-refractivity contribution in [2.24, 2.45) is 0 Å². The second-order valence-corrected chi connectivity index (χ2v) is 8.91. The minimum absolute atomic E-state index is 0.274. The highest BCUT2D eigenvalue weighted by Crippen LogP contribution is 2.19. The van der Waals surface area contributed by atoms with Crippen molar-refractivity contribution in [3.05, 3.63) is 59.7 Å². The molecule has 6 heteroatoms. The van der Waals surface area contributed by atoms with Gasteiger partial charge in [-0.25, -0.2) is 0 Å². The normalized spacial score (nSPS) is 17.8. The quantitative estimate of drug-likeness (QED) is 0.759. The zero-order valence-electron chi connectivity index (χ0n) is 19.0. The molecule has 2 aromatic rings. The zero-order chi connectivity index (χ0) is 22.3. The van der Waals surface area contributed by atoms with Gasteiger partial charge in [0.15, 0.2) is 0 Å². The molecule has 6 nitrogen and oxygen atoms in total. The Morgan fingerprint density at radius 2 is 1.75 bits per heavy atom. The van der Waals surface area contributed by atoms with Crippen LogP contribution < -0.4 is 10.2 Å². The highest BCUT2D eigenvalue weighted by Gasteiger charge is 2.24. The number of hydrogen-bond donors (Lipinski definition) is 1. The SMILES string of the molecule is Cc1ccc(N2CCN(CCC(=O)N3CCC(Nc4cccc(C#N)c4)CC3)CC2)cc1. The van der Waals surface area contributed by atoms with Crippen LogP contribution in [0.3, 0.4) is 0 Å². The van der Waals surface area contributed by atoms with Gasteiger partial charge in [0.1, 0.15) is 0 Å². The molecular formula is C26H33N5O. The minimum Gasteiger partial charge on any atom is -0.382 e. The number of nitrogens with zero attached hydrogens (tertiary/aromatic N) is 4. The molecule has 32 heavy (non-hydrogen) atoms. The lowest BCUT2D eigenvalue weighted by atomic mass is 10.0. The van der Waals surface area contributed by atoms with Crippen LogP contribution in [-0.4, -0.2) is 67.6 Å².